The summed E-state index contributed by atoms with van der Waals surface area (Å²) in [5.74, 6) is -0.0945. The lowest BCUT2D eigenvalue weighted by atomic mass is 10.1. The van der Waals surface area contributed by atoms with Gasteiger partial charge in [-0.15, -0.1) is 0 Å². The number of carbonyl (C=O) groups excluding carboxylic acids is 1. The molecule has 0 saturated carbocycles. The van der Waals surface area contributed by atoms with Gasteiger partial charge in [0.15, 0.2) is 0 Å². The van der Waals surface area contributed by atoms with E-state index >= 15 is 0 Å². The number of anilines is 1. The van der Waals surface area contributed by atoms with Crippen LogP contribution in [0.2, 0.25) is 5.02 Å². The lowest BCUT2D eigenvalue weighted by Crippen LogP contribution is -2.29. The molecule has 0 radical (unpaired) electrons. The number of sulfonamides is 1. The number of nitrogens with zero attached hydrogens (tertiary/aromatic N) is 1. The Morgan fingerprint density at radius 3 is 2.57 bits per heavy atom. The van der Waals surface area contributed by atoms with Crippen molar-refractivity contribution in [1.29, 1.82) is 0 Å². The van der Waals surface area contributed by atoms with Gasteiger partial charge in [-0.2, -0.15) is 0 Å². The van der Waals surface area contributed by atoms with E-state index in [9.17, 15) is 13.2 Å². The molecule has 0 fully saturated rings. The Kier molecular flexibility index (Phi) is 5.64. The third kappa shape index (κ3) is 4.26. The van der Waals surface area contributed by atoms with E-state index in [2.05, 4.69) is 4.72 Å². The Morgan fingerprint density at radius 2 is 1.83 bits per heavy atom. The van der Waals surface area contributed by atoms with Crippen molar-refractivity contribution in [2.45, 2.75) is 24.8 Å². The molecule has 1 amide bonds. The van der Waals surface area contributed by atoms with Crippen molar-refractivity contribution in [3.63, 3.8) is 0 Å². The van der Waals surface area contributed by atoms with Gasteiger partial charge in [0.05, 0.1) is 4.90 Å². The molecule has 3 aromatic carbocycles. The third-order valence-electron chi connectivity index (χ3n) is 5.15. The van der Waals surface area contributed by atoms with Gasteiger partial charge in [0.25, 0.3) is 5.91 Å². The second-order valence-electron chi connectivity index (χ2n) is 7.32. The maximum absolute atomic E-state index is 12.9. The molecular formula is C23H21ClN2O3S. The van der Waals surface area contributed by atoms with Gasteiger partial charge in [-0.05, 0) is 72.5 Å². The van der Waals surface area contributed by atoms with E-state index in [1.807, 2.05) is 31.2 Å². The SMILES string of the molecule is Cc1cccc(S(=O)(=O)NCc2ccc3c(c2)N(C(=O)c2ccc(Cl)cc2)CC3)c1. The van der Waals surface area contributed by atoms with Crippen LogP contribution in [0.4, 0.5) is 5.69 Å². The number of benzene rings is 3. The number of halogens is 1. The number of hydrogen-bond donors (Lipinski definition) is 1. The molecule has 4 rings (SSSR count). The van der Waals surface area contributed by atoms with Crippen LogP contribution in [0.5, 0.6) is 0 Å². The molecule has 0 aromatic heterocycles. The van der Waals surface area contributed by atoms with Crippen LogP contribution in [-0.4, -0.2) is 20.9 Å². The summed E-state index contributed by atoms with van der Waals surface area (Å²) in [7, 11) is -3.62. The Hall–Kier alpha value is -2.67. The average Bonchev–Trinajstić information content (AvgIpc) is 3.15. The minimum Gasteiger partial charge on any atom is -0.308 e. The number of nitrogens with one attached hydrogen (secondary N) is 1. The molecule has 7 heteroatoms. The highest BCUT2D eigenvalue weighted by atomic mass is 35.5. The molecule has 0 atom stereocenters. The van der Waals surface area contributed by atoms with Crippen LogP contribution in [0.15, 0.2) is 71.6 Å². The highest BCUT2D eigenvalue weighted by molar-refractivity contribution is 7.89. The second kappa shape index (κ2) is 8.22. The fraction of sp³-hybridized carbons (Fsp3) is 0.174. The summed E-state index contributed by atoms with van der Waals surface area (Å²) in [5, 5.41) is 0.580. The monoisotopic (exact) mass is 440 g/mol. The van der Waals surface area contributed by atoms with Gasteiger partial charge in [-0.1, -0.05) is 35.9 Å². The summed E-state index contributed by atoms with van der Waals surface area (Å²) >= 11 is 5.92. The highest BCUT2D eigenvalue weighted by Crippen LogP contribution is 2.30. The molecule has 154 valence electrons. The quantitative estimate of drug-likeness (QED) is 0.642. The largest absolute Gasteiger partial charge is 0.308 e. The predicted molar refractivity (Wildman–Crippen MR) is 118 cm³/mol. The number of hydrogen-bond acceptors (Lipinski definition) is 3. The van der Waals surface area contributed by atoms with E-state index in [0.29, 0.717) is 17.1 Å². The first-order chi connectivity index (χ1) is 14.3. The van der Waals surface area contributed by atoms with Crippen LogP contribution in [0.3, 0.4) is 0 Å². The number of rotatable bonds is 5. The summed E-state index contributed by atoms with van der Waals surface area (Å²) in [6, 6.07) is 19.3. The van der Waals surface area contributed by atoms with Crippen LogP contribution in [0.1, 0.15) is 27.0 Å². The van der Waals surface area contributed by atoms with Crippen LogP contribution >= 0.6 is 11.6 Å². The zero-order valence-corrected chi connectivity index (χ0v) is 18.0. The number of aryl methyl sites for hydroxylation is 1. The molecule has 5 nitrogen and oxygen atoms in total. The minimum atomic E-state index is -3.62. The number of fused-ring (bicyclic) bond motifs is 1. The maximum atomic E-state index is 12.9. The first kappa shape index (κ1) is 20.6. The lowest BCUT2D eigenvalue weighted by molar-refractivity contribution is 0.0989. The van der Waals surface area contributed by atoms with Crippen molar-refractivity contribution in [2.24, 2.45) is 0 Å². The maximum Gasteiger partial charge on any atom is 0.258 e. The van der Waals surface area contributed by atoms with Gasteiger partial charge >= 0.3 is 0 Å². The molecule has 1 heterocycles. The van der Waals surface area contributed by atoms with Crippen molar-refractivity contribution in [3.05, 3.63) is 94.0 Å². The van der Waals surface area contributed by atoms with Gasteiger partial charge in [-0.25, -0.2) is 13.1 Å². The smallest absolute Gasteiger partial charge is 0.258 e. The van der Waals surface area contributed by atoms with E-state index in [1.165, 1.54) is 0 Å². The van der Waals surface area contributed by atoms with E-state index in [4.69, 9.17) is 11.6 Å². The molecule has 1 aliphatic rings. The van der Waals surface area contributed by atoms with Crippen LogP contribution < -0.4 is 9.62 Å². The zero-order chi connectivity index (χ0) is 21.3. The van der Waals surface area contributed by atoms with Gasteiger partial charge in [0.2, 0.25) is 10.0 Å². The van der Waals surface area contributed by atoms with Gasteiger partial charge in [0.1, 0.15) is 0 Å². The fourth-order valence-corrected chi connectivity index (χ4v) is 4.79. The van der Waals surface area contributed by atoms with Crippen LogP contribution in [-0.2, 0) is 23.0 Å². The molecule has 0 aliphatic carbocycles. The van der Waals surface area contributed by atoms with E-state index in [-0.39, 0.29) is 17.3 Å². The van der Waals surface area contributed by atoms with Crippen molar-refractivity contribution in [3.8, 4) is 0 Å². The fourth-order valence-electron chi connectivity index (χ4n) is 3.54. The Balaban J connectivity index is 1.53. The molecule has 0 spiro atoms. The van der Waals surface area contributed by atoms with Gasteiger partial charge in [0, 0.05) is 29.4 Å². The molecule has 0 saturated heterocycles. The summed E-state index contributed by atoms with van der Waals surface area (Å²) in [4.78, 5) is 14.9. The normalized spacial score (nSPS) is 13.3. The Bertz CT molecular complexity index is 1210. The molecule has 0 bridgehead atoms. The van der Waals surface area contributed by atoms with Crippen molar-refractivity contribution < 1.29 is 13.2 Å². The topological polar surface area (TPSA) is 66.5 Å². The second-order valence-corrected chi connectivity index (χ2v) is 9.52. The summed E-state index contributed by atoms with van der Waals surface area (Å²) in [6.45, 7) is 2.59. The van der Waals surface area contributed by atoms with E-state index in [1.54, 1.807) is 47.4 Å². The standard InChI is InChI=1S/C23H21ClN2O3S/c1-16-3-2-4-21(13-16)30(28,29)25-15-17-5-6-18-11-12-26(22(18)14-17)23(27)19-7-9-20(24)10-8-19/h2-10,13-14,25H,11-12,15H2,1H3. The summed E-state index contributed by atoms with van der Waals surface area (Å²) in [6.07, 6.45) is 0.768. The Labute approximate surface area is 181 Å². The van der Waals surface area contributed by atoms with Crippen LogP contribution in [0.25, 0.3) is 0 Å². The van der Waals surface area contributed by atoms with E-state index < -0.39 is 10.0 Å². The first-order valence-electron chi connectivity index (χ1n) is 9.59. The summed E-state index contributed by atoms with van der Waals surface area (Å²) < 4.78 is 27.8. The van der Waals surface area contributed by atoms with E-state index in [0.717, 1.165) is 28.8 Å². The van der Waals surface area contributed by atoms with Crippen LogP contribution in [0, 0.1) is 6.92 Å². The summed E-state index contributed by atoms with van der Waals surface area (Å²) in [5.41, 5.74) is 4.13. The Morgan fingerprint density at radius 1 is 1.07 bits per heavy atom. The van der Waals surface area contributed by atoms with Crippen molar-refractivity contribution >= 4 is 33.2 Å². The first-order valence-corrected chi connectivity index (χ1v) is 11.5. The van der Waals surface area contributed by atoms with Crippen molar-refractivity contribution in [2.75, 3.05) is 11.4 Å². The lowest BCUT2D eigenvalue weighted by Gasteiger charge is -2.18. The highest BCUT2D eigenvalue weighted by Gasteiger charge is 2.26. The number of carbonyl (C=O) groups is 1. The zero-order valence-electron chi connectivity index (χ0n) is 16.4. The van der Waals surface area contributed by atoms with Gasteiger partial charge < -0.3 is 4.90 Å². The third-order valence-corrected chi connectivity index (χ3v) is 6.80. The predicted octanol–water partition coefficient (Wildman–Crippen LogP) is 4.33. The molecule has 0 unspecified atom stereocenters. The number of amides is 1. The molecule has 30 heavy (non-hydrogen) atoms. The minimum absolute atomic E-state index is 0.0945. The molecular weight excluding hydrogens is 420 g/mol. The van der Waals surface area contributed by atoms with Gasteiger partial charge in [-0.3, -0.25) is 4.79 Å². The average molecular weight is 441 g/mol. The molecule has 1 aliphatic heterocycles. The molecule has 3 aromatic rings. The molecule has 1 N–H and O–H groups in total. The van der Waals surface area contributed by atoms with Crippen molar-refractivity contribution in [1.82, 2.24) is 4.72 Å².